The molecular weight excluding hydrogens is 266 g/mol. The number of benzene rings is 2. The fraction of sp³-hybridized carbons (Fsp3) is 0.294. The van der Waals surface area contributed by atoms with Crippen molar-refractivity contribution in [1.82, 2.24) is 4.98 Å². The van der Waals surface area contributed by atoms with E-state index in [1.807, 2.05) is 0 Å². The molecule has 4 nitrogen and oxygen atoms in total. The number of para-hydroxylation sites is 2. The van der Waals surface area contributed by atoms with E-state index in [0.29, 0.717) is 13.0 Å². The van der Waals surface area contributed by atoms with E-state index >= 15 is 0 Å². The highest BCUT2D eigenvalue weighted by Gasteiger charge is 2.20. The van der Waals surface area contributed by atoms with Crippen molar-refractivity contribution in [2.75, 3.05) is 13.2 Å². The molecule has 2 aromatic carbocycles. The van der Waals surface area contributed by atoms with Crippen molar-refractivity contribution in [3.05, 3.63) is 48.5 Å². The molecule has 3 N–H and O–H groups in total. The smallest absolute Gasteiger partial charge is 0.103 e. The zero-order valence-corrected chi connectivity index (χ0v) is 11.7. The quantitative estimate of drug-likeness (QED) is 0.594. The minimum atomic E-state index is -0.663. The fourth-order valence-electron chi connectivity index (χ4n) is 2.51. The molecule has 0 bridgehead atoms. The number of fused-ring (bicyclic) bond motifs is 3. The van der Waals surface area contributed by atoms with Gasteiger partial charge in [-0.15, -0.1) is 0 Å². The van der Waals surface area contributed by atoms with Gasteiger partial charge in [-0.3, -0.25) is 0 Å². The highest BCUT2D eigenvalue weighted by Crippen LogP contribution is 2.24. The number of rotatable bonds is 0. The average Bonchev–Trinajstić information content (AvgIpc) is 2.90. The number of aromatic amines is 1. The highest BCUT2D eigenvalue weighted by molar-refractivity contribution is 6.06. The monoisotopic (exact) mass is 285 g/mol. The van der Waals surface area contributed by atoms with E-state index in [1.54, 1.807) is 0 Å². The lowest BCUT2D eigenvalue weighted by molar-refractivity contribution is -0.0852. The third kappa shape index (κ3) is 3.08. The molecule has 110 valence electrons. The first kappa shape index (κ1) is 14.1. The van der Waals surface area contributed by atoms with Crippen LogP contribution in [0.15, 0.2) is 48.5 Å². The van der Waals surface area contributed by atoms with Gasteiger partial charge in [-0.1, -0.05) is 36.4 Å². The summed E-state index contributed by atoms with van der Waals surface area (Å²) in [4.78, 5) is 3.38. The molecule has 2 unspecified atom stereocenters. The molecule has 2 atom stereocenters. The lowest BCUT2D eigenvalue weighted by Gasteiger charge is -2.22. The third-order valence-electron chi connectivity index (χ3n) is 3.70. The lowest BCUT2D eigenvalue weighted by atomic mass is 10.1. The summed E-state index contributed by atoms with van der Waals surface area (Å²) in [6, 6.07) is 16.8. The standard InChI is InChI=1S/C12H9N.C5H10O3/c1-3-7-11-9(5-1)10-6-2-4-8-12(10)13-11;6-4-1-2-8-3-5(4)7/h1-8,13H;4-7H,1-3H2. The summed E-state index contributed by atoms with van der Waals surface area (Å²) < 4.78 is 4.84. The van der Waals surface area contributed by atoms with Gasteiger partial charge < -0.3 is 19.9 Å². The molecule has 1 fully saturated rings. The predicted octanol–water partition coefficient (Wildman–Crippen LogP) is 2.45. The van der Waals surface area contributed by atoms with Crippen molar-refractivity contribution in [2.45, 2.75) is 18.6 Å². The predicted molar refractivity (Wildman–Crippen MR) is 83.3 cm³/mol. The first-order chi connectivity index (χ1) is 10.3. The van der Waals surface area contributed by atoms with Gasteiger partial charge in [0, 0.05) is 28.4 Å². The van der Waals surface area contributed by atoms with Crippen LogP contribution in [0.25, 0.3) is 21.8 Å². The molecule has 4 heteroatoms. The van der Waals surface area contributed by atoms with E-state index in [2.05, 4.69) is 53.5 Å². The molecule has 1 saturated heterocycles. The van der Waals surface area contributed by atoms with Crippen molar-refractivity contribution in [2.24, 2.45) is 0 Å². The maximum absolute atomic E-state index is 8.85. The minimum Gasteiger partial charge on any atom is -0.390 e. The van der Waals surface area contributed by atoms with Crippen LogP contribution in [0.1, 0.15) is 6.42 Å². The normalized spacial score (nSPS) is 22.0. The lowest BCUT2D eigenvalue weighted by Crippen LogP contribution is -2.36. The Morgan fingerprint density at radius 2 is 1.43 bits per heavy atom. The Kier molecular flexibility index (Phi) is 4.20. The van der Waals surface area contributed by atoms with Crippen molar-refractivity contribution in [3.63, 3.8) is 0 Å². The van der Waals surface area contributed by atoms with E-state index in [-0.39, 0.29) is 6.61 Å². The maximum atomic E-state index is 8.85. The number of nitrogens with one attached hydrogen (secondary N) is 1. The number of ether oxygens (including phenoxy) is 1. The van der Waals surface area contributed by atoms with Crippen molar-refractivity contribution < 1.29 is 14.9 Å². The van der Waals surface area contributed by atoms with Crippen LogP contribution in [0.4, 0.5) is 0 Å². The second-order valence-electron chi connectivity index (χ2n) is 5.21. The van der Waals surface area contributed by atoms with Crippen LogP contribution in [0.5, 0.6) is 0 Å². The zero-order valence-electron chi connectivity index (χ0n) is 11.7. The van der Waals surface area contributed by atoms with Crippen LogP contribution >= 0.6 is 0 Å². The second kappa shape index (κ2) is 6.26. The summed E-state index contributed by atoms with van der Waals surface area (Å²) in [6.07, 6.45) is -0.672. The Balaban J connectivity index is 0.000000143. The fourth-order valence-corrected chi connectivity index (χ4v) is 2.51. The van der Waals surface area contributed by atoms with Crippen LogP contribution < -0.4 is 0 Å². The largest absolute Gasteiger partial charge is 0.390 e. The van der Waals surface area contributed by atoms with Gasteiger partial charge in [-0.25, -0.2) is 0 Å². The number of hydrogen-bond donors (Lipinski definition) is 3. The molecule has 0 radical (unpaired) electrons. The maximum Gasteiger partial charge on any atom is 0.103 e. The van der Waals surface area contributed by atoms with E-state index < -0.39 is 12.2 Å². The Hall–Kier alpha value is -1.88. The van der Waals surface area contributed by atoms with Crippen LogP contribution in [0, 0.1) is 0 Å². The molecule has 3 aromatic rings. The van der Waals surface area contributed by atoms with E-state index in [9.17, 15) is 0 Å². The summed E-state index contributed by atoms with van der Waals surface area (Å²) in [6.45, 7) is 0.847. The molecule has 4 rings (SSSR count). The van der Waals surface area contributed by atoms with Crippen LogP contribution in [-0.4, -0.2) is 40.6 Å². The molecule has 1 aromatic heterocycles. The molecule has 21 heavy (non-hydrogen) atoms. The molecule has 2 heterocycles. The van der Waals surface area contributed by atoms with Crippen LogP contribution in [-0.2, 0) is 4.74 Å². The first-order valence-electron chi connectivity index (χ1n) is 7.15. The summed E-state index contributed by atoms with van der Waals surface area (Å²) in [7, 11) is 0. The van der Waals surface area contributed by atoms with Gasteiger partial charge in [-0.05, 0) is 18.6 Å². The first-order valence-corrected chi connectivity index (χ1v) is 7.15. The summed E-state index contributed by atoms with van der Waals surface area (Å²) in [5, 5.41) is 20.3. The van der Waals surface area contributed by atoms with Gasteiger partial charge in [0.15, 0.2) is 0 Å². The molecular formula is C17H19NO3. The van der Waals surface area contributed by atoms with E-state index in [4.69, 9.17) is 14.9 Å². The third-order valence-corrected chi connectivity index (χ3v) is 3.70. The van der Waals surface area contributed by atoms with Gasteiger partial charge in [0.1, 0.15) is 6.10 Å². The highest BCUT2D eigenvalue weighted by atomic mass is 16.5. The number of aliphatic hydroxyl groups excluding tert-OH is 2. The average molecular weight is 285 g/mol. The van der Waals surface area contributed by atoms with Crippen molar-refractivity contribution in [3.8, 4) is 0 Å². The van der Waals surface area contributed by atoms with Gasteiger partial charge >= 0.3 is 0 Å². The summed E-state index contributed by atoms with van der Waals surface area (Å²) in [5.41, 5.74) is 2.42. The summed E-state index contributed by atoms with van der Waals surface area (Å²) in [5.74, 6) is 0. The van der Waals surface area contributed by atoms with Crippen molar-refractivity contribution >= 4 is 21.8 Å². The molecule has 1 aliphatic rings. The molecule has 1 aliphatic heterocycles. The Morgan fingerprint density at radius 3 is 1.90 bits per heavy atom. The van der Waals surface area contributed by atoms with Gasteiger partial charge in [0.05, 0.1) is 12.7 Å². The molecule has 0 aliphatic carbocycles. The zero-order chi connectivity index (χ0) is 14.7. The van der Waals surface area contributed by atoms with Gasteiger partial charge in [0.25, 0.3) is 0 Å². The van der Waals surface area contributed by atoms with Gasteiger partial charge in [0.2, 0.25) is 0 Å². The second-order valence-corrected chi connectivity index (χ2v) is 5.21. The molecule has 0 amide bonds. The number of hydrogen-bond acceptors (Lipinski definition) is 3. The Labute approximate surface area is 123 Å². The van der Waals surface area contributed by atoms with Crippen LogP contribution in [0.3, 0.4) is 0 Å². The Bertz CT molecular complexity index is 662. The number of aromatic nitrogens is 1. The van der Waals surface area contributed by atoms with E-state index in [0.717, 1.165) is 0 Å². The van der Waals surface area contributed by atoms with Crippen molar-refractivity contribution in [1.29, 1.82) is 0 Å². The topological polar surface area (TPSA) is 65.5 Å². The molecule has 0 spiro atoms. The van der Waals surface area contributed by atoms with Gasteiger partial charge in [-0.2, -0.15) is 0 Å². The minimum absolute atomic E-state index is 0.279. The number of aliphatic hydroxyl groups is 2. The molecule has 0 saturated carbocycles. The SMILES string of the molecule is OC1CCOCC1O.c1ccc2c(c1)[nH]c1ccccc12. The summed E-state index contributed by atoms with van der Waals surface area (Å²) >= 11 is 0. The van der Waals surface area contributed by atoms with E-state index in [1.165, 1.54) is 21.8 Å². The number of H-pyrrole nitrogens is 1. The Morgan fingerprint density at radius 1 is 0.857 bits per heavy atom. The van der Waals surface area contributed by atoms with Crippen LogP contribution in [0.2, 0.25) is 0 Å².